The zero-order chi connectivity index (χ0) is 14.7. The standard InChI is InChI=1S/C16H30N2O2/c1-5-7-12-16(19)18(15(17-12)10-11(2)3)13-8-6-9-14(13)20-4/h11-15,17H,5-10H2,1-4H3. The maximum absolute atomic E-state index is 12.7. The van der Waals surface area contributed by atoms with Gasteiger partial charge in [0.05, 0.1) is 24.4 Å². The third-order valence-corrected chi connectivity index (χ3v) is 4.63. The zero-order valence-corrected chi connectivity index (χ0v) is 13.4. The number of ether oxygens (including phenoxy) is 1. The van der Waals surface area contributed by atoms with E-state index in [0.29, 0.717) is 11.8 Å². The summed E-state index contributed by atoms with van der Waals surface area (Å²) < 4.78 is 5.61. The Morgan fingerprint density at radius 1 is 1.40 bits per heavy atom. The van der Waals surface area contributed by atoms with Crippen LogP contribution in [0, 0.1) is 5.92 Å². The molecule has 1 N–H and O–H groups in total. The van der Waals surface area contributed by atoms with Crippen molar-refractivity contribution in [2.24, 2.45) is 5.92 Å². The second-order valence-electron chi connectivity index (χ2n) is 6.67. The Morgan fingerprint density at radius 2 is 2.15 bits per heavy atom. The molecule has 1 aliphatic heterocycles. The first-order valence-corrected chi connectivity index (χ1v) is 8.19. The van der Waals surface area contributed by atoms with Crippen LogP contribution >= 0.6 is 0 Å². The zero-order valence-electron chi connectivity index (χ0n) is 13.4. The van der Waals surface area contributed by atoms with Gasteiger partial charge in [0.1, 0.15) is 0 Å². The maximum atomic E-state index is 12.7. The van der Waals surface area contributed by atoms with Crippen molar-refractivity contribution in [3.63, 3.8) is 0 Å². The molecule has 4 nitrogen and oxygen atoms in total. The number of amides is 1. The van der Waals surface area contributed by atoms with E-state index < -0.39 is 0 Å². The van der Waals surface area contributed by atoms with Crippen LogP contribution in [0.5, 0.6) is 0 Å². The van der Waals surface area contributed by atoms with Gasteiger partial charge in [-0.3, -0.25) is 10.1 Å². The lowest BCUT2D eigenvalue weighted by Gasteiger charge is -2.34. The van der Waals surface area contributed by atoms with Crippen molar-refractivity contribution in [1.29, 1.82) is 0 Å². The van der Waals surface area contributed by atoms with E-state index in [1.54, 1.807) is 7.11 Å². The Kier molecular flexibility index (Phi) is 5.44. The summed E-state index contributed by atoms with van der Waals surface area (Å²) in [4.78, 5) is 14.9. The minimum absolute atomic E-state index is 0.0156. The summed E-state index contributed by atoms with van der Waals surface area (Å²) in [7, 11) is 1.78. The number of rotatable bonds is 6. The van der Waals surface area contributed by atoms with Gasteiger partial charge >= 0.3 is 0 Å². The molecular weight excluding hydrogens is 252 g/mol. The van der Waals surface area contributed by atoms with Gasteiger partial charge in [-0.15, -0.1) is 0 Å². The quantitative estimate of drug-likeness (QED) is 0.814. The van der Waals surface area contributed by atoms with Crippen molar-refractivity contribution in [2.75, 3.05) is 7.11 Å². The molecule has 1 heterocycles. The molecule has 20 heavy (non-hydrogen) atoms. The van der Waals surface area contributed by atoms with Gasteiger partial charge in [-0.25, -0.2) is 0 Å². The molecule has 1 amide bonds. The highest BCUT2D eigenvalue weighted by atomic mass is 16.5. The fourth-order valence-corrected chi connectivity index (χ4v) is 3.74. The highest BCUT2D eigenvalue weighted by molar-refractivity contribution is 5.84. The number of carbonyl (C=O) groups excluding carboxylic acids is 1. The summed E-state index contributed by atoms with van der Waals surface area (Å²) in [6, 6.07) is 0.285. The largest absolute Gasteiger partial charge is 0.379 e. The summed E-state index contributed by atoms with van der Waals surface area (Å²) in [5.74, 6) is 0.886. The van der Waals surface area contributed by atoms with Crippen LogP contribution < -0.4 is 5.32 Å². The molecule has 0 aromatic carbocycles. The molecule has 0 aromatic heterocycles. The number of hydrogen-bond acceptors (Lipinski definition) is 3. The first-order chi connectivity index (χ1) is 9.58. The van der Waals surface area contributed by atoms with E-state index in [1.807, 2.05) is 0 Å². The van der Waals surface area contributed by atoms with E-state index in [0.717, 1.165) is 32.1 Å². The lowest BCUT2D eigenvalue weighted by Crippen LogP contribution is -2.48. The lowest BCUT2D eigenvalue weighted by atomic mass is 10.1. The van der Waals surface area contributed by atoms with E-state index >= 15 is 0 Å². The highest BCUT2D eigenvalue weighted by Gasteiger charge is 2.45. The number of methoxy groups -OCH3 is 1. The van der Waals surface area contributed by atoms with Crippen molar-refractivity contribution >= 4 is 5.91 Å². The van der Waals surface area contributed by atoms with Crippen LogP contribution in [-0.2, 0) is 9.53 Å². The molecule has 1 saturated carbocycles. The van der Waals surface area contributed by atoms with Crippen LogP contribution in [0.25, 0.3) is 0 Å². The van der Waals surface area contributed by atoms with E-state index in [1.165, 1.54) is 6.42 Å². The first-order valence-electron chi connectivity index (χ1n) is 8.19. The van der Waals surface area contributed by atoms with Crippen LogP contribution in [0.15, 0.2) is 0 Å². The van der Waals surface area contributed by atoms with Crippen LogP contribution in [0.2, 0.25) is 0 Å². The smallest absolute Gasteiger partial charge is 0.241 e. The second-order valence-corrected chi connectivity index (χ2v) is 6.67. The molecule has 116 valence electrons. The van der Waals surface area contributed by atoms with Crippen LogP contribution in [0.4, 0.5) is 0 Å². The molecule has 0 bridgehead atoms. The Morgan fingerprint density at radius 3 is 2.75 bits per heavy atom. The van der Waals surface area contributed by atoms with E-state index in [2.05, 4.69) is 31.0 Å². The van der Waals surface area contributed by atoms with Gasteiger partial charge in [-0.1, -0.05) is 27.2 Å². The Balaban J connectivity index is 2.14. The molecule has 1 saturated heterocycles. The Hall–Kier alpha value is -0.610. The van der Waals surface area contributed by atoms with Gasteiger partial charge in [0, 0.05) is 7.11 Å². The monoisotopic (exact) mass is 282 g/mol. The van der Waals surface area contributed by atoms with Crippen molar-refractivity contribution in [1.82, 2.24) is 10.2 Å². The van der Waals surface area contributed by atoms with Crippen molar-refractivity contribution in [3.8, 4) is 0 Å². The number of hydrogen-bond donors (Lipinski definition) is 1. The Labute approximate surface area is 123 Å². The van der Waals surface area contributed by atoms with Crippen molar-refractivity contribution < 1.29 is 9.53 Å². The van der Waals surface area contributed by atoms with Gasteiger partial charge in [-0.2, -0.15) is 0 Å². The first kappa shape index (κ1) is 15.8. The molecule has 4 unspecified atom stereocenters. The fraction of sp³-hybridized carbons (Fsp3) is 0.938. The van der Waals surface area contributed by atoms with E-state index in [-0.39, 0.29) is 24.4 Å². The molecule has 4 atom stereocenters. The molecule has 0 spiro atoms. The number of carbonyl (C=O) groups is 1. The van der Waals surface area contributed by atoms with Crippen LogP contribution in [0.3, 0.4) is 0 Å². The topological polar surface area (TPSA) is 41.6 Å². The third-order valence-electron chi connectivity index (χ3n) is 4.63. The van der Waals surface area contributed by atoms with Crippen LogP contribution in [0.1, 0.15) is 59.3 Å². The van der Waals surface area contributed by atoms with Gasteiger partial charge in [0.25, 0.3) is 0 Å². The summed E-state index contributed by atoms with van der Waals surface area (Å²) in [6.45, 7) is 6.59. The summed E-state index contributed by atoms with van der Waals surface area (Å²) in [6.07, 6.45) is 6.75. The average Bonchev–Trinajstić information content (AvgIpc) is 2.95. The summed E-state index contributed by atoms with van der Waals surface area (Å²) in [5.41, 5.74) is 0. The second kappa shape index (κ2) is 6.90. The molecule has 2 aliphatic rings. The SMILES string of the molecule is CCCC1NC(CC(C)C)N(C2CCCC2OC)C1=O. The van der Waals surface area contributed by atoms with Gasteiger partial charge in [0.15, 0.2) is 0 Å². The van der Waals surface area contributed by atoms with Crippen LogP contribution in [-0.4, -0.2) is 42.3 Å². The van der Waals surface area contributed by atoms with Crippen molar-refractivity contribution in [3.05, 3.63) is 0 Å². The minimum atomic E-state index is 0.0156. The van der Waals surface area contributed by atoms with Gasteiger partial charge < -0.3 is 9.64 Å². The predicted octanol–water partition coefficient (Wildman–Crippen LogP) is 2.53. The molecule has 0 aromatic rings. The van der Waals surface area contributed by atoms with E-state index in [9.17, 15) is 4.79 Å². The van der Waals surface area contributed by atoms with Gasteiger partial charge in [-0.05, 0) is 38.0 Å². The molecule has 1 aliphatic carbocycles. The number of nitrogens with zero attached hydrogens (tertiary/aromatic N) is 1. The molecule has 2 rings (SSSR count). The molecule has 0 radical (unpaired) electrons. The van der Waals surface area contributed by atoms with E-state index in [4.69, 9.17) is 4.74 Å². The fourth-order valence-electron chi connectivity index (χ4n) is 3.74. The lowest BCUT2D eigenvalue weighted by molar-refractivity contribution is -0.135. The normalized spacial score (nSPS) is 34.5. The van der Waals surface area contributed by atoms with Gasteiger partial charge in [0.2, 0.25) is 5.91 Å². The average molecular weight is 282 g/mol. The molecule has 2 fully saturated rings. The summed E-state index contributed by atoms with van der Waals surface area (Å²) in [5, 5.41) is 3.57. The summed E-state index contributed by atoms with van der Waals surface area (Å²) >= 11 is 0. The third kappa shape index (κ3) is 3.17. The highest BCUT2D eigenvalue weighted by Crippen LogP contribution is 2.32. The number of nitrogens with one attached hydrogen (secondary N) is 1. The Bertz CT molecular complexity index is 332. The molecule has 4 heteroatoms. The molecular formula is C16H30N2O2. The minimum Gasteiger partial charge on any atom is -0.379 e. The maximum Gasteiger partial charge on any atom is 0.241 e. The predicted molar refractivity (Wildman–Crippen MR) is 80.4 cm³/mol. The van der Waals surface area contributed by atoms with Crippen molar-refractivity contribution in [2.45, 2.75) is 83.6 Å².